The number of carboxylic acids is 1. The summed E-state index contributed by atoms with van der Waals surface area (Å²) >= 11 is 0. The van der Waals surface area contributed by atoms with Crippen LogP contribution in [0.4, 0.5) is 5.95 Å². The van der Waals surface area contributed by atoms with Crippen molar-refractivity contribution in [3.63, 3.8) is 0 Å². The van der Waals surface area contributed by atoms with Crippen LogP contribution in [-0.4, -0.2) is 77.9 Å². The van der Waals surface area contributed by atoms with Crippen LogP contribution in [0, 0.1) is 0 Å². The number of benzene rings is 1. The summed E-state index contributed by atoms with van der Waals surface area (Å²) in [6.45, 7) is 5.34. The zero-order valence-electron chi connectivity index (χ0n) is 20.7. The summed E-state index contributed by atoms with van der Waals surface area (Å²) in [6.07, 6.45) is 6.94. The van der Waals surface area contributed by atoms with Gasteiger partial charge in [0, 0.05) is 62.7 Å². The van der Waals surface area contributed by atoms with Gasteiger partial charge in [-0.3, -0.25) is 14.5 Å². The summed E-state index contributed by atoms with van der Waals surface area (Å²) in [5.41, 5.74) is 2.79. The van der Waals surface area contributed by atoms with Crippen molar-refractivity contribution in [3.8, 4) is 5.75 Å². The van der Waals surface area contributed by atoms with Gasteiger partial charge in [0.1, 0.15) is 5.75 Å². The lowest BCUT2D eigenvalue weighted by molar-refractivity contribution is -0.137. The van der Waals surface area contributed by atoms with Gasteiger partial charge in [0.25, 0.3) is 0 Å². The number of hydrogen-bond acceptors (Lipinski definition) is 8. The number of anilines is 1. The van der Waals surface area contributed by atoms with E-state index >= 15 is 0 Å². The minimum Gasteiger partial charge on any atom is -0.493 e. The molecule has 10 heteroatoms. The van der Waals surface area contributed by atoms with Gasteiger partial charge >= 0.3 is 5.97 Å². The van der Waals surface area contributed by atoms with Gasteiger partial charge in [-0.2, -0.15) is 0 Å². The highest BCUT2D eigenvalue weighted by Gasteiger charge is 2.18. The number of aryl methyl sites for hydroxylation is 1. The average molecular weight is 498 g/mol. The molecule has 10 nitrogen and oxygen atoms in total. The van der Waals surface area contributed by atoms with Gasteiger partial charge in [-0.25, -0.2) is 9.97 Å². The third-order valence-corrected chi connectivity index (χ3v) is 6.31. The fourth-order valence-electron chi connectivity index (χ4n) is 4.40. The summed E-state index contributed by atoms with van der Waals surface area (Å²) < 4.78 is 11.5. The molecule has 2 aliphatic heterocycles. The quantitative estimate of drug-likeness (QED) is 0.618. The highest BCUT2D eigenvalue weighted by Crippen LogP contribution is 2.24. The summed E-state index contributed by atoms with van der Waals surface area (Å²) in [7, 11) is 0. The number of aliphatic carboxylic acids is 1. The molecule has 36 heavy (non-hydrogen) atoms. The molecule has 0 atom stereocenters. The van der Waals surface area contributed by atoms with E-state index in [0.29, 0.717) is 51.8 Å². The monoisotopic (exact) mass is 497 g/mol. The number of hydrogen-bond donors (Lipinski definition) is 2. The first-order chi connectivity index (χ1) is 17.6. The fraction of sp³-hybridized carbons (Fsp3) is 0.538. The maximum absolute atomic E-state index is 12.7. The number of carbonyl (C=O) groups excluding carboxylic acids is 1. The molecule has 1 amide bonds. The van der Waals surface area contributed by atoms with Crippen molar-refractivity contribution >= 4 is 17.8 Å². The lowest BCUT2D eigenvalue weighted by atomic mass is 10.0. The standard InChI is InChI=1S/C26H35N5O5/c32-24-19-30(17-21-15-28-26(29-16-21)31-9-12-35-13-10-31)18-22-14-20(5-7-25(33)34)4-6-23(22)36-11-3-1-2-8-27-24/h4,6,14-16H,1-3,5,7-13,17-19H2,(H,27,32)(H,33,34). The van der Waals surface area contributed by atoms with Crippen LogP contribution < -0.4 is 15.0 Å². The molecule has 0 unspecified atom stereocenters. The van der Waals surface area contributed by atoms with Gasteiger partial charge in [-0.05, 0) is 37.3 Å². The summed E-state index contributed by atoms with van der Waals surface area (Å²) in [5.74, 6) is 0.614. The van der Waals surface area contributed by atoms with Gasteiger partial charge in [-0.15, -0.1) is 0 Å². The smallest absolute Gasteiger partial charge is 0.303 e. The molecule has 0 bridgehead atoms. The minimum atomic E-state index is -0.825. The zero-order chi connectivity index (χ0) is 25.2. The van der Waals surface area contributed by atoms with Crippen LogP contribution in [0.25, 0.3) is 0 Å². The Morgan fingerprint density at radius 3 is 2.61 bits per heavy atom. The number of nitrogens with one attached hydrogen (secondary N) is 1. The van der Waals surface area contributed by atoms with E-state index < -0.39 is 5.97 Å². The summed E-state index contributed by atoms with van der Waals surface area (Å²) in [5, 5.41) is 12.1. The molecule has 1 aromatic heterocycles. The number of carboxylic acid groups (broad SMARTS) is 1. The lowest BCUT2D eigenvalue weighted by Gasteiger charge is -2.27. The fourth-order valence-corrected chi connectivity index (χ4v) is 4.40. The Bertz CT molecular complexity index is 1010. The Morgan fingerprint density at radius 1 is 1.03 bits per heavy atom. The van der Waals surface area contributed by atoms with Crippen molar-refractivity contribution in [2.45, 2.75) is 45.2 Å². The van der Waals surface area contributed by atoms with Crippen LogP contribution >= 0.6 is 0 Å². The van der Waals surface area contributed by atoms with Crippen molar-refractivity contribution in [1.82, 2.24) is 20.2 Å². The second-order valence-electron chi connectivity index (χ2n) is 9.23. The van der Waals surface area contributed by atoms with E-state index in [1.807, 2.05) is 35.5 Å². The average Bonchev–Trinajstić information content (AvgIpc) is 2.89. The Balaban J connectivity index is 1.53. The number of amides is 1. The second kappa shape index (κ2) is 13.2. The van der Waals surface area contributed by atoms with Gasteiger partial charge in [-0.1, -0.05) is 12.1 Å². The number of nitrogens with zero attached hydrogens (tertiary/aromatic N) is 4. The normalized spacial score (nSPS) is 18.1. The molecule has 0 saturated carbocycles. The number of carbonyl (C=O) groups is 2. The Hall–Kier alpha value is -3.24. The molecule has 2 N–H and O–H groups in total. The van der Waals surface area contributed by atoms with Gasteiger partial charge < -0.3 is 24.8 Å². The van der Waals surface area contributed by atoms with Crippen LogP contribution in [-0.2, 0) is 33.8 Å². The molecule has 0 aliphatic carbocycles. The largest absolute Gasteiger partial charge is 0.493 e. The van der Waals surface area contributed by atoms with Crippen molar-refractivity contribution < 1.29 is 24.2 Å². The molecule has 0 spiro atoms. The molecule has 1 fully saturated rings. The Kier molecular flexibility index (Phi) is 9.46. The number of aromatic nitrogens is 2. The highest BCUT2D eigenvalue weighted by molar-refractivity contribution is 5.78. The van der Waals surface area contributed by atoms with Gasteiger partial charge in [0.05, 0.1) is 26.4 Å². The molecule has 194 valence electrons. The van der Waals surface area contributed by atoms with Crippen LogP contribution in [0.3, 0.4) is 0 Å². The van der Waals surface area contributed by atoms with E-state index in [1.165, 1.54) is 0 Å². The molecule has 2 aliphatic rings. The number of rotatable bonds is 6. The third kappa shape index (κ3) is 7.89. The van der Waals surface area contributed by atoms with Crippen molar-refractivity contribution in [2.75, 3.05) is 50.9 Å². The third-order valence-electron chi connectivity index (χ3n) is 6.31. The van der Waals surface area contributed by atoms with E-state index in [1.54, 1.807) is 0 Å². The van der Waals surface area contributed by atoms with E-state index in [4.69, 9.17) is 14.6 Å². The van der Waals surface area contributed by atoms with Crippen LogP contribution in [0.5, 0.6) is 5.75 Å². The van der Waals surface area contributed by atoms with E-state index in [-0.39, 0.29) is 18.9 Å². The maximum Gasteiger partial charge on any atom is 0.303 e. The number of ether oxygens (including phenoxy) is 2. The zero-order valence-corrected chi connectivity index (χ0v) is 20.7. The van der Waals surface area contributed by atoms with Crippen molar-refractivity contribution in [1.29, 1.82) is 0 Å². The molecule has 1 saturated heterocycles. The molecular weight excluding hydrogens is 462 g/mol. The topological polar surface area (TPSA) is 117 Å². The number of fused-ring (bicyclic) bond motifs is 1. The van der Waals surface area contributed by atoms with E-state index in [2.05, 4.69) is 20.2 Å². The first-order valence-corrected chi connectivity index (χ1v) is 12.7. The molecule has 1 aromatic carbocycles. The van der Waals surface area contributed by atoms with Gasteiger partial charge in [0.15, 0.2) is 0 Å². The first kappa shape index (κ1) is 25.8. The molecular formula is C26H35N5O5. The maximum atomic E-state index is 12.7. The Morgan fingerprint density at radius 2 is 1.83 bits per heavy atom. The van der Waals surface area contributed by atoms with Crippen LogP contribution in [0.1, 0.15) is 42.4 Å². The van der Waals surface area contributed by atoms with Crippen LogP contribution in [0.2, 0.25) is 0 Å². The van der Waals surface area contributed by atoms with Gasteiger partial charge in [0.2, 0.25) is 11.9 Å². The highest BCUT2D eigenvalue weighted by atomic mass is 16.5. The second-order valence-corrected chi connectivity index (χ2v) is 9.23. The number of morpholine rings is 1. The summed E-state index contributed by atoms with van der Waals surface area (Å²) in [6, 6.07) is 5.85. The Labute approximate surface area is 211 Å². The predicted octanol–water partition coefficient (Wildman–Crippen LogP) is 2.01. The van der Waals surface area contributed by atoms with E-state index in [0.717, 1.165) is 54.8 Å². The molecule has 4 rings (SSSR count). The van der Waals surface area contributed by atoms with Crippen molar-refractivity contribution in [2.24, 2.45) is 0 Å². The minimum absolute atomic E-state index is 0.0235. The first-order valence-electron chi connectivity index (χ1n) is 12.7. The molecule has 3 heterocycles. The summed E-state index contributed by atoms with van der Waals surface area (Å²) in [4.78, 5) is 37.0. The SMILES string of the molecule is O=C(O)CCc1ccc2c(c1)CN(Cc1cnc(N3CCOCC3)nc1)CC(=O)NCCCCCO2. The van der Waals surface area contributed by atoms with Crippen molar-refractivity contribution in [3.05, 3.63) is 47.3 Å². The molecule has 0 radical (unpaired) electrons. The predicted molar refractivity (Wildman–Crippen MR) is 134 cm³/mol. The lowest BCUT2D eigenvalue weighted by Crippen LogP contribution is -2.38. The molecule has 2 aromatic rings. The van der Waals surface area contributed by atoms with Crippen LogP contribution in [0.15, 0.2) is 30.6 Å². The van der Waals surface area contributed by atoms with E-state index in [9.17, 15) is 9.59 Å².